The van der Waals surface area contributed by atoms with Crippen LogP contribution in [0.15, 0.2) is 23.8 Å². The molecule has 170 valence electrons. The molecule has 2 atom stereocenters. The normalized spacial score (nSPS) is 19.2. The monoisotopic (exact) mass is 438 g/mol. The van der Waals surface area contributed by atoms with Gasteiger partial charge >= 0.3 is 0 Å². The number of allylic oxidation sites excluding steroid dienone is 2. The summed E-state index contributed by atoms with van der Waals surface area (Å²) in [6, 6.07) is 3.02. The van der Waals surface area contributed by atoms with Crippen LogP contribution in [0.4, 0.5) is 0 Å². The molecule has 3 N–H and O–H groups in total. The molecule has 2 aliphatic rings. The molecular weight excluding hydrogens is 408 g/mol. The first-order chi connectivity index (χ1) is 15.0. The lowest BCUT2D eigenvalue weighted by Crippen LogP contribution is -2.39. The van der Waals surface area contributed by atoms with E-state index in [9.17, 15) is 20.1 Å². The molecule has 0 spiro atoms. The molecule has 0 unspecified atom stereocenters. The lowest BCUT2D eigenvalue weighted by atomic mass is 9.75. The van der Waals surface area contributed by atoms with Crippen molar-refractivity contribution in [2.75, 3.05) is 7.11 Å². The summed E-state index contributed by atoms with van der Waals surface area (Å²) in [4.78, 5) is 13.6. The van der Waals surface area contributed by atoms with Gasteiger partial charge in [0.1, 0.15) is 29.5 Å². The van der Waals surface area contributed by atoms with E-state index in [4.69, 9.17) is 9.47 Å². The number of methoxy groups -OCH3 is 1. The Morgan fingerprint density at radius 1 is 1.19 bits per heavy atom. The molecule has 2 aromatic carbocycles. The van der Waals surface area contributed by atoms with Crippen molar-refractivity contribution >= 4 is 5.78 Å². The summed E-state index contributed by atoms with van der Waals surface area (Å²) in [5.74, 6) is -0.346. The third kappa shape index (κ3) is 3.38. The highest BCUT2D eigenvalue weighted by atomic mass is 16.5. The Labute approximate surface area is 188 Å². The molecule has 4 rings (SSSR count). The number of ether oxygens (including phenoxy) is 2. The molecule has 0 aromatic heterocycles. The van der Waals surface area contributed by atoms with Gasteiger partial charge in [-0.1, -0.05) is 11.6 Å². The number of rotatable bonds is 4. The van der Waals surface area contributed by atoms with E-state index in [1.54, 1.807) is 27.0 Å². The zero-order valence-electron chi connectivity index (χ0n) is 19.4. The highest BCUT2D eigenvalue weighted by molar-refractivity contribution is 6.16. The third-order valence-corrected chi connectivity index (χ3v) is 6.47. The second-order valence-electron chi connectivity index (χ2n) is 9.54. The van der Waals surface area contributed by atoms with Gasteiger partial charge in [-0.15, -0.1) is 0 Å². The van der Waals surface area contributed by atoms with Crippen molar-refractivity contribution in [1.82, 2.24) is 0 Å². The van der Waals surface area contributed by atoms with Crippen LogP contribution in [-0.4, -0.2) is 39.9 Å². The smallest absolute Gasteiger partial charge is 0.201 e. The van der Waals surface area contributed by atoms with Crippen LogP contribution in [0.1, 0.15) is 77.5 Å². The first kappa shape index (κ1) is 22.4. The minimum absolute atomic E-state index is 0.121. The molecule has 0 amide bonds. The maximum absolute atomic E-state index is 13.6. The number of carbonyl (C=O) groups excluding carboxylic acids is 1. The van der Waals surface area contributed by atoms with E-state index in [0.29, 0.717) is 29.7 Å². The second-order valence-corrected chi connectivity index (χ2v) is 9.54. The standard InChI is InChI=1S/C26H30O6/c1-12(2)7-8-14-13(3)9-16(27)22-20(14)25(31-6)21-15-10-19(26(4,5)30)32-18(15)11-17(28)23(21)24(22)29/h7,9,11,19,25,27-28,30H,8,10H2,1-6H3/t19-,25-/m0/s1. The zero-order chi connectivity index (χ0) is 23.5. The number of hydrogen-bond donors (Lipinski definition) is 3. The summed E-state index contributed by atoms with van der Waals surface area (Å²) in [5, 5.41) is 32.1. The Morgan fingerprint density at radius 2 is 1.81 bits per heavy atom. The number of fused-ring (bicyclic) bond motifs is 4. The summed E-state index contributed by atoms with van der Waals surface area (Å²) in [5.41, 5.74) is 4.02. The topological polar surface area (TPSA) is 96.2 Å². The molecule has 32 heavy (non-hydrogen) atoms. The third-order valence-electron chi connectivity index (χ3n) is 6.47. The van der Waals surface area contributed by atoms with Gasteiger partial charge in [0, 0.05) is 36.3 Å². The van der Waals surface area contributed by atoms with Gasteiger partial charge < -0.3 is 24.8 Å². The average molecular weight is 439 g/mol. The number of ketones is 1. The molecule has 6 nitrogen and oxygen atoms in total. The summed E-state index contributed by atoms with van der Waals surface area (Å²) in [7, 11) is 1.55. The van der Waals surface area contributed by atoms with Crippen LogP contribution in [0, 0.1) is 6.92 Å². The van der Waals surface area contributed by atoms with Crippen molar-refractivity contribution in [3.05, 3.63) is 62.7 Å². The van der Waals surface area contributed by atoms with Crippen LogP contribution in [-0.2, 0) is 17.6 Å². The molecule has 1 aliphatic heterocycles. The van der Waals surface area contributed by atoms with Crippen LogP contribution in [0.5, 0.6) is 17.2 Å². The number of aromatic hydroxyl groups is 2. The maximum atomic E-state index is 13.6. The van der Waals surface area contributed by atoms with Gasteiger partial charge in [0.25, 0.3) is 0 Å². The highest BCUT2D eigenvalue weighted by Gasteiger charge is 2.44. The number of benzene rings is 2. The summed E-state index contributed by atoms with van der Waals surface area (Å²) >= 11 is 0. The molecule has 1 aliphatic carbocycles. The van der Waals surface area contributed by atoms with Crippen LogP contribution < -0.4 is 4.74 Å². The van der Waals surface area contributed by atoms with E-state index < -0.39 is 23.6 Å². The molecule has 2 aromatic rings. The van der Waals surface area contributed by atoms with Gasteiger partial charge in [-0.25, -0.2) is 0 Å². The minimum atomic E-state index is -1.11. The van der Waals surface area contributed by atoms with E-state index in [1.807, 2.05) is 20.8 Å². The van der Waals surface area contributed by atoms with Crippen LogP contribution >= 0.6 is 0 Å². The molecule has 0 radical (unpaired) electrons. The Hall–Kier alpha value is -2.83. The van der Waals surface area contributed by atoms with Crippen molar-refractivity contribution in [2.24, 2.45) is 0 Å². The quantitative estimate of drug-likeness (QED) is 0.617. The second kappa shape index (κ2) is 7.64. The lowest BCUT2D eigenvalue weighted by Gasteiger charge is -2.31. The van der Waals surface area contributed by atoms with Crippen molar-refractivity contribution in [2.45, 2.75) is 65.3 Å². The predicted octanol–water partition coefficient (Wildman–Crippen LogP) is 4.27. The number of phenolic OH excluding ortho intramolecular Hbond substituents is 2. The molecule has 0 fully saturated rings. The average Bonchev–Trinajstić information content (AvgIpc) is 3.11. The van der Waals surface area contributed by atoms with Crippen molar-refractivity contribution < 1.29 is 29.6 Å². The summed E-state index contributed by atoms with van der Waals surface area (Å²) in [6.45, 7) is 9.26. The molecule has 6 heteroatoms. The summed E-state index contributed by atoms with van der Waals surface area (Å²) < 4.78 is 11.9. The maximum Gasteiger partial charge on any atom is 0.201 e. The van der Waals surface area contributed by atoms with E-state index in [1.165, 1.54) is 6.07 Å². The Morgan fingerprint density at radius 3 is 2.41 bits per heavy atom. The first-order valence-corrected chi connectivity index (χ1v) is 10.8. The van der Waals surface area contributed by atoms with Gasteiger partial charge in [0.05, 0.1) is 16.7 Å². The Kier molecular flexibility index (Phi) is 5.34. The van der Waals surface area contributed by atoms with Crippen molar-refractivity contribution in [1.29, 1.82) is 0 Å². The number of phenols is 2. The summed E-state index contributed by atoms with van der Waals surface area (Å²) in [6.07, 6.45) is 1.85. The van der Waals surface area contributed by atoms with Crippen molar-refractivity contribution in [3.8, 4) is 17.2 Å². The fourth-order valence-corrected chi connectivity index (χ4v) is 4.80. The van der Waals surface area contributed by atoms with Crippen LogP contribution in [0.25, 0.3) is 0 Å². The molecule has 0 saturated carbocycles. The van der Waals surface area contributed by atoms with Crippen molar-refractivity contribution in [3.63, 3.8) is 0 Å². The number of aryl methyl sites for hydroxylation is 1. The van der Waals surface area contributed by atoms with Gasteiger partial charge in [0.2, 0.25) is 5.78 Å². The van der Waals surface area contributed by atoms with E-state index in [-0.39, 0.29) is 22.6 Å². The minimum Gasteiger partial charge on any atom is -0.507 e. The number of carbonyl (C=O) groups is 1. The van der Waals surface area contributed by atoms with Gasteiger partial charge in [-0.05, 0) is 58.2 Å². The Bertz CT molecular complexity index is 1150. The SMILES string of the molecule is CO[C@H]1c2c(CC=C(C)C)c(C)cc(O)c2C(=O)c2c(O)cc3c(c21)C[C@@H](C(C)(C)O)O3. The van der Waals surface area contributed by atoms with E-state index >= 15 is 0 Å². The van der Waals surface area contributed by atoms with Crippen LogP contribution in [0.2, 0.25) is 0 Å². The molecule has 1 heterocycles. The predicted molar refractivity (Wildman–Crippen MR) is 121 cm³/mol. The number of aliphatic hydroxyl groups is 1. The fraction of sp³-hybridized carbons (Fsp3) is 0.423. The van der Waals surface area contributed by atoms with E-state index in [0.717, 1.165) is 22.3 Å². The highest BCUT2D eigenvalue weighted by Crippen LogP contribution is 2.51. The van der Waals surface area contributed by atoms with Gasteiger partial charge in [-0.3, -0.25) is 4.79 Å². The fourth-order valence-electron chi connectivity index (χ4n) is 4.80. The van der Waals surface area contributed by atoms with E-state index in [2.05, 4.69) is 6.08 Å². The Balaban J connectivity index is 2.00. The van der Waals surface area contributed by atoms with Gasteiger partial charge in [0.15, 0.2) is 0 Å². The molecule has 0 saturated heterocycles. The zero-order valence-corrected chi connectivity index (χ0v) is 19.4. The largest absolute Gasteiger partial charge is 0.507 e. The molecule has 0 bridgehead atoms. The van der Waals surface area contributed by atoms with Crippen LogP contribution in [0.3, 0.4) is 0 Å². The van der Waals surface area contributed by atoms with Gasteiger partial charge in [-0.2, -0.15) is 0 Å². The lowest BCUT2D eigenvalue weighted by molar-refractivity contribution is -0.0230. The first-order valence-electron chi connectivity index (χ1n) is 10.8. The molecular formula is C26H30O6. The number of hydrogen-bond acceptors (Lipinski definition) is 6.